The molecule has 2 nitrogen and oxygen atoms in total. The van der Waals surface area contributed by atoms with Crippen LogP contribution in [0.4, 0.5) is 0 Å². The number of hydrogen-bond acceptors (Lipinski definition) is 1. The molecule has 0 fully saturated rings. The first-order valence-electron chi connectivity index (χ1n) is 5.67. The van der Waals surface area contributed by atoms with E-state index >= 15 is 0 Å². The molecule has 0 unspecified atom stereocenters. The van der Waals surface area contributed by atoms with Crippen LogP contribution in [-0.4, -0.2) is 10.8 Å². The van der Waals surface area contributed by atoms with Gasteiger partial charge in [0.2, 0.25) is 0 Å². The van der Waals surface area contributed by atoms with Crippen molar-refractivity contribution in [2.24, 2.45) is 0 Å². The Morgan fingerprint density at radius 3 is 2.76 bits per heavy atom. The van der Waals surface area contributed by atoms with Gasteiger partial charge in [-0.3, -0.25) is 4.79 Å². The molecule has 0 aliphatic heterocycles. The van der Waals surface area contributed by atoms with E-state index in [1.807, 2.05) is 12.3 Å². The summed E-state index contributed by atoms with van der Waals surface area (Å²) in [7, 11) is 0. The number of nitrogens with one attached hydrogen (secondary N) is 1. The predicted molar refractivity (Wildman–Crippen MR) is 74.3 cm³/mol. The van der Waals surface area contributed by atoms with E-state index in [2.05, 4.69) is 46.9 Å². The fourth-order valence-corrected chi connectivity index (χ4v) is 2.74. The van der Waals surface area contributed by atoms with Gasteiger partial charge in [0.25, 0.3) is 0 Å². The van der Waals surface area contributed by atoms with Gasteiger partial charge in [0, 0.05) is 28.0 Å². The highest BCUT2D eigenvalue weighted by molar-refractivity contribution is 9.10. The molecule has 0 bridgehead atoms. The number of aromatic amines is 1. The van der Waals surface area contributed by atoms with E-state index < -0.39 is 0 Å². The first-order valence-corrected chi connectivity index (χ1v) is 6.46. The number of carbonyl (C=O) groups is 1. The van der Waals surface area contributed by atoms with Crippen molar-refractivity contribution in [2.45, 2.75) is 32.6 Å². The van der Waals surface area contributed by atoms with Gasteiger partial charge >= 0.3 is 0 Å². The highest BCUT2D eigenvalue weighted by atomic mass is 79.9. The van der Waals surface area contributed by atoms with E-state index in [0.717, 1.165) is 9.99 Å². The fourth-order valence-electron chi connectivity index (χ4n) is 2.38. The molecule has 2 aromatic rings. The van der Waals surface area contributed by atoms with Crippen molar-refractivity contribution in [3.8, 4) is 0 Å². The molecule has 17 heavy (non-hydrogen) atoms. The van der Waals surface area contributed by atoms with Crippen LogP contribution < -0.4 is 0 Å². The van der Waals surface area contributed by atoms with E-state index in [1.165, 1.54) is 10.9 Å². The van der Waals surface area contributed by atoms with E-state index in [9.17, 15) is 4.79 Å². The van der Waals surface area contributed by atoms with Crippen LogP contribution in [0, 0.1) is 0 Å². The molecule has 1 aromatic carbocycles. The molecule has 2 rings (SSSR count). The molecular formula is C14H16BrNO. The van der Waals surface area contributed by atoms with Crippen LogP contribution in [0.5, 0.6) is 0 Å². The molecule has 0 spiro atoms. The maximum Gasteiger partial charge on any atom is 0.130 e. The molecule has 90 valence electrons. The van der Waals surface area contributed by atoms with Crippen LogP contribution in [0.3, 0.4) is 0 Å². The summed E-state index contributed by atoms with van der Waals surface area (Å²) < 4.78 is 1.06. The first kappa shape index (κ1) is 12.4. The van der Waals surface area contributed by atoms with Crippen molar-refractivity contribution < 1.29 is 4.79 Å². The average molecular weight is 294 g/mol. The molecule has 1 heterocycles. The lowest BCUT2D eigenvalue weighted by atomic mass is 9.80. The summed E-state index contributed by atoms with van der Waals surface area (Å²) in [6, 6.07) is 6.18. The zero-order valence-corrected chi connectivity index (χ0v) is 11.9. The van der Waals surface area contributed by atoms with Gasteiger partial charge < -0.3 is 4.98 Å². The Labute approximate surface area is 110 Å². The number of Topliss-reactive ketones (excluding diaryl/α,β-unsaturated/α-hetero) is 1. The molecule has 0 aliphatic carbocycles. The number of hydrogen-bond donors (Lipinski definition) is 1. The third-order valence-electron chi connectivity index (χ3n) is 3.06. The SMILES string of the molecule is CC(=O)CC(C)(C)c1c[nH]c2cc(Br)ccc12. The second kappa shape index (κ2) is 4.30. The van der Waals surface area contributed by atoms with Gasteiger partial charge in [-0.15, -0.1) is 0 Å². The fraction of sp³-hybridized carbons (Fsp3) is 0.357. The second-order valence-corrected chi connectivity index (χ2v) is 6.07. The third kappa shape index (κ3) is 2.44. The van der Waals surface area contributed by atoms with Crippen molar-refractivity contribution in [1.29, 1.82) is 0 Å². The molecule has 0 aliphatic rings. The summed E-state index contributed by atoms with van der Waals surface area (Å²) in [4.78, 5) is 14.6. The largest absolute Gasteiger partial charge is 0.361 e. The third-order valence-corrected chi connectivity index (χ3v) is 3.56. The number of carbonyl (C=O) groups excluding carboxylic acids is 1. The van der Waals surface area contributed by atoms with Gasteiger partial charge in [-0.2, -0.15) is 0 Å². The first-order chi connectivity index (χ1) is 7.90. The summed E-state index contributed by atoms with van der Waals surface area (Å²) in [5, 5.41) is 1.19. The number of aromatic nitrogens is 1. The number of benzene rings is 1. The smallest absolute Gasteiger partial charge is 0.130 e. The van der Waals surface area contributed by atoms with Gasteiger partial charge in [0.05, 0.1) is 0 Å². The number of rotatable bonds is 3. The van der Waals surface area contributed by atoms with Gasteiger partial charge in [0.15, 0.2) is 0 Å². The Kier molecular flexibility index (Phi) is 3.13. The van der Waals surface area contributed by atoms with Gasteiger partial charge in [-0.1, -0.05) is 35.8 Å². The maximum atomic E-state index is 11.3. The Morgan fingerprint density at radius 2 is 2.12 bits per heavy atom. The van der Waals surface area contributed by atoms with Crippen molar-refractivity contribution in [3.63, 3.8) is 0 Å². The average Bonchev–Trinajstić information content (AvgIpc) is 2.58. The number of fused-ring (bicyclic) bond motifs is 1. The van der Waals surface area contributed by atoms with E-state index in [4.69, 9.17) is 0 Å². The normalized spacial score (nSPS) is 12.0. The van der Waals surface area contributed by atoms with Gasteiger partial charge in [0.1, 0.15) is 5.78 Å². The molecule has 0 saturated heterocycles. The Hall–Kier alpha value is -1.09. The number of halogens is 1. The Balaban J connectivity index is 2.52. The summed E-state index contributed by atoms with van der Waals surface area (Å²) in [5.74, 6) is 0.224. The van der Waals surface area contributed by atoms with Crippen LogP contribution in [-0.2, 0) is 10.2 Å². The molecule has 1 N–H and O–H groups in total. The lowest BCUT2D eigenvalue weighted by molar-refractivity contribution is -0.118. The number of ketones is 1. The van der Waals surface area contributed by atoms with Crippen LogP contribution in [0.1, 0.15) is 32.8 Å². The van der Waals surface area contributed by atoms with Crippen molar-refractivity contribution >= 4 is 32.6 Å². The van der Waals surface area contributed by atoms with Crippen LogP contribution >= 0.6 is 15.9 Å². The Morgan fingerprint density at radius 1 is 1.41 bits per heavy atom. The lowest BCUT2D eigenvalue weighted by Crippen LogP contribution is -2.20. The summed E-state index contributed by atoms with van der Waals surface area (Å²) in [6.45, 7) is 5.87. The molecular weight excluding hydrogens is 278 g/mol. The summed E-state index contributed by atoms with van der Waals surface area (Å²) in [6.07, 6.45) is 2.58. The predicted octanol–water partition coefficient (Wildman–Crippen LogP) is 4.19. The zero-order chi connectivity index (χ0) is 12.6. The Bertz CT molecular complexity index is 569. The quantitative estimate of drug-likeness (QED) is 0.904. The minimum Gasteiger partial charge on any atom is -0.361 e. The highest BCUT2D eigenvalue weighted by Crippen LogP contribution is 2.34. The van der Waals surface area contributed by atoms with Crippen molar-refractivity contribution in [2.75, 3.05) is 0 Å². The van der Waals surface area contributed by atoms with Crippen LogP contribution in [0.25, 0.3) is 10.9 Å². The second-order valence-electron chi connectivity index (χ2n) is 5.15. The molecule has 0 radical (unpaired) electrons. The summed E-state index contributed by atoms with van der Waals surface area (Å²) >= 11 is 3.46. The van der Waals surface area contributed by atoms with Gasteiger partial charge in [-0.05, 0) is 30.0 Å². The summed E-state index contributed by atoms with van der Waals surface area (Å²) in [5.41, 5.74) is 2.18. The van der Waals surface area contributed by atoms with E-state index in [1.54, 1.807) is 6.92 Å². The van der Waals surface area contributed by atoms with E-state index in [-0.39, 0.29) is 11.2 Å². The molecule has 0 saturated carbocycles. The molecule has 1 aromatic heterocycles. The minimum absolute atomic E-state index is 0.127. The maximum absolute atomic E-state index is 11.3. The lowest BCUT2D eigenvalue weighted by Gasteiger charge is -2.22. The van der Waals surface area contributed by atoms with E-state index in [0.29, 0.717) is 6.42 Å². The van der Waals surface area contributed by atoms with Crippen LogP contribution in [0.15, 0.2) is 28.9 Å². The van der Waals surface area contributed by atoms with Crippen molar-refractivity contribution in [1.82, 2.24) is 4.98 Å². The zero-order valence-electron chi connectivity index (χ0n) is 10.3. The highest BCUT2D eigenvalue weighted by Gasteiger charge is 2.25. The topological polar surface area (TPSA) is 32.9 Å². The van der Waals surface area contributed by atoms with Crippen molar-refractivity contribution in [3.05, 3.63) is 34.4 Å². The van der Waals surface area contributed by atoms with Crippen LogP contribution in [0.2, 0.25) is 0 Å². The molecule has 0 amide bonds. The standard InChI is InChI=1S/C14H16BrNO/c1-9(17)7-14(2,3)12-8-16-13-6-10(15)4-5-11(12)13/h4-6,8,16H,7H2,1-3H3. The minimum atomic E-state index is -0.127. The van der Waals surface area contributed by atoms with Gasteiger partial charge in [-0.25, -0.2) is 0 Å². The molecule has 3 heteroatoms. The monoisotopic (exact) mass is 293 g/mol. The molecule has 0 atom stereocenters. The number of H-pyrrole nitrogens is 1.